The zero-order chi connectivity index (χ0) is 21.3. The largest absolute Gasteiger partial charge is 0.648 e. The molecule has 7 nitrogen and oxygen atoms in total. The molecular formula is C21H31BN4O3. The number of unbranched alkanes of at least 4 members (excludes halogenated alkanes) is 2. The molecule has 0 amide bonds. The molecule has 2 heterocycles. The molecule has 0 saturated carbocycles. The summed E-state index contributed by atoms with van der Waals surface area (Å²) in [6, 6.07) is 7.74. The number of pyridine rings is 1. The molecule has 1 aromatic heterocycles. The van der Waals surface area contributed by atoms with Gasteiger partial charge in [-0.2, -0.15) is 5.26 Å². The van der Waals surface area contributed by atoms with E-state index in [2.05, 4.69) is 23.3 Å². The van der Waals surface area contributed by atoms with Crippen molar-refractivity contribution in [2.24, 2.45) is 10.7 Å². The highest BCUT2D eigenvalue weighted by Gasteiger charge is 2.41. The smallest absolute Gasteiger partial charge is 0.367 e. The van der Waals surface area contributed by atoms with Crippen molar-refractivity contribution in [2.45, 2.75) is 65.5 Å². The van der Waals surface area contributed by atoms with Crippen LogP contribution in [0.3, 0.4) is 0 Å². The standard InChI is InChI=1S/C21H31BN4O3/c1-4-7-12-22(13-8-5-2)26-14-10-9-11-19(26)25-20(29-22)15-18(24)17(16-23)21(27)28-6-3/h9-11,14H,4-8,12-13,15,24H2,1-3H3. The number of hydrogen-bond acceptors (Lipinski definition) is 6. The number of nitrogens with zero attached hydrogens (tertiary/aromatic N) is 3. The number of carbonyl (C=O) groups excluding carboxylic acids is 1. The number of nitrogens with two attached hydrogens (primary N) is 1. The first-order valence-electron chi connectivity index (χ1n) is 10.5. The highest BCUT2D eigenvalue weighted by molar-refractivity contribution is 6.67. The number of ether oxygens (including phenoxy) is 1. The molecule has 0 spiro atoms. The molecule has 0 radical (unpaired) electrons. The topological polar surface area (TPSA) is 102 Å². The molecule has 0 saturated heterocycles. The summed E-state index contributed by atoms with van der Waals surface area (Å²) in [4.78, 5) is 16.6. The fourth-order valence-electron chi connectivity index (χ4n) is 3.77. The van der Waals surface area contributed by atoms with Crippen LogP contribution in [0.15, 0.2) is 40.7 Å². The number of aromatic nitrogens is 1. The molecule has 1 aromatic rings. The molecule has 0 fully saturated rings. The predicted octanol–water partition coefficient (Wildman–Crippen LogP) is 3.61. The molecule has 1 aliphatic heterocycles. The van der Waals surface area contributed by atoms with Gasteiger partial charge in [0.1, 0.15) is 6.07 Å². The molecule has 8 heteroatoms. The number of nitriles is 1. The Morgan fingerprint density at radius 1 is 1.28 bits per heavy atom. The van der Waals surface area contributed by atoms with Crippen molar-refractivity contribution in [3.05, 3.63) is 35.7 Å². The van der Waals surface area contributed by atoms with Gasteiger partial charge in [-0.15, -0.1) is 0 Å². The third-order valence-electron chi connectivity index (χ3n) is 5.24. The molecule has 0 unspecified atom stereocenters. The van der Waals surface area contributed by atoms with E-state index in [0.29, 0.717) is 5.90 Å². The Bertz CT molecular complexity index is 821. The number of fused-ring (bicyclic) bond motifs is 1. The van der Waals surface area contributed by atoms with Gasteiger partial charge < -0.3 is 19.6 Å². The van der Waals surface area contributed by atoms with Crippen molar-refractivity contribution in [2.75, 3.05) is 6.61 Å². The van der Waals surface area contributed by atoms with E-state index in [4.69, 9.17) is 15.1 Å². The van der Waals surface area contributed by atoms with Crippen LogP contribution in [-0.4, -0.2) is 25.0 Å². The van der Waals surface area contributed by atoms with Crippen molar-refractivity contribution in [1.82, 2.24) is 0 Å². The minimum atomic E-state index is -1.36. The monoisotopic (exact) mass is 398 g/mol. The van der Waals surface area contributed by atoms with Crippen molar-refractivity contribution < 1.29 is 18.7 Å². The van der Waals surface area contributed by atoms with E-state index >= 15 is 0 Å². The van der Waals surface area contributed by atoms with Gasteiger partial charge in [0.25, 0.3) is 11.7 Å². The van der Waals surface area contributed by atoms with Gasteiger partial charge in [0.2, 0.25) is 0 Å². The first-order valence-corrected chi connectivity index (χ1v) is 10.5. The lowest BCUT2D eigenvalue weighted by Crippen LogP contribution is -2.68. The van der Waals surface area contributed by atoms with Crippen molar-refractivity contribution >= 4 is 24.2 Å². The van der Waals surface area contributed by atoms with Crippen LogP contribution in [0.2, 0.25) is 12.6 Å². The number of aliphatic imine (C=N–C) groups is 1. The number of carbonyl (C=O) groups is 1. The Morgan fingerprint density at radius 2 is 1.97 bits per heavy atom. The van der Waals surface area contributed by atoms with Gasteiger partial charge in [0, 0.05) is 18.0 Å². The predicted molar refractivity (Wildman–Crippen MR) is 113 cm³/mol. The Balaban J connectivity index is 2.43. The maximum Gasteiger partial charge on any atom is 0.367 e. The molecule has 0 bridgehead atoms. The molecular weight excluding hydrogens is 367 g/mol. The van der Waals surface area contributed by atoms with Gasteiger partial charge in [-0.05, 0) is 18.0 Å². The second-order valence-corrected chi connectivity index (χ2v) is 7.38. The summed E-state index contributed by atoms with van der Waals surface area (Å²) in [5.74, 6) is 0.536. The fourth-order valence-corrected chi connectivity index (χ4v) is 3.77. The lowest BCUT2D eigenvalue weighted by molar-refractivity contribution is -0.549. The van der Waals surface area contributed by atoms with E-state index in [9.17, 15) is 10.1 Å². The first-order chi connectivity index (χ1) is 14.0. The molecule has 2 N–H and O–H groups in total. The first kappa shape index (κ1) is 22.5. The lowest BCUT2D eigenvalue weighted by Gasteiger charge is -2.41. The van der Waals surface area contributed by atoms with Crippen LogP contribution in [-0.2, 0) is 14.2 Å². The summed E-state index contributed by atoms with van der Waals surface area (Å²) >= 11 is 0. The third kappa shape index (κ3) is 5.38. The Labute approximate surface area is 173 Å². The molecule has 2 rings (SSSR count). The number of esters is 1. The average Bonchev–Trinajstić information content (AvgIpc) is 2.71. The summed E-state index contributed by atoms with van der Waals surface area (Å²) in [6.07, 6.45) is 8.15. The van der Waals surface area contributed by atoms with Gasteiger partial charge in [-0.25, -0.2) is 4.79 Å². The third-order valence-corrected chi connectivity index (χ3v) is 5.24. The molecule has 29 heavy (non-hydrogen) atoms. The number of rotatable bonds is 10. The van der Waals surface area contributed by atoms with Gasteiger partial charge in [-0.3, -0.25) is 0 Å². The van der Waals surface area contributed by atoms with E-state index in [-0.39, 0.29) is 24.3 Å². The van der Waals surface area contributed by atoms with E-state index in [1.165, 1.54) is 0 Å². The van der Waals surface area contributed by atoms with Gasteiger partial charge in [0.15, 0.2) is 5.57 Å². The second kappa shape index (κ2) is 10.7. The van der Waals surface area contributed by atoms with Gasteiger partial charge in [-0.1, -0.05) is 58.2 Å². The van der Waals surface area contributed by atoms with Gasteiger partial charge >= 0.3 is 12.5 Å². The molecule has 0 aliphatic carbocycles. The zero-order valence-electron chi connectivity index (χ0n) is 17.7. The summed E-state index contributed by atoms with van der Waals surface area (Å²) in [7, 11) is 0. The normalized spacial score (nSPS) is 15.3. The molecule has 156 valence electrons. The molecule has 0 aromatic carbocycles. The second-order valence-electron chi connectivity index (χ2n) is 7.38. The Hall–Kier alpha value is -2.82. The highest BCUT2D eigenvalue weighted by Crippen LogP contribution is 2.28. The fraction of sp³-hybridized carbons (Fsp3) is 0.524. The van der Waals surface area contributed by atoms with Crippen molar-refractivity contribution in [1.29, 1.82) is 5.26 Å². The van der Waals surface area contributed by atoms with Crippen molar-refractivity contribution in [3.8, 4) is 6.07 Å². The Morgan fingerprint density at radius 3 is 2.55 bits per heavy atom. The van der Waals surface area contributed by atoms with E-state index in [1.807, 2.05) is 30.5 Å². The SMILES string of the molecule is CCCC[B-]1(CCCC)OC(CC(N)=C(C#N)C(=O)OCC)=Nc2cccc[n+]21. The quantitative estimate of drug-likeness (QED) is 0.281. The average molecular weight is 398 g/mol. The van der Waals surface area contributed by atoms with E-state index in [1.54, 1.807) is 6.92 Å². The minimum absolute atomic E-state index is 0.0956. The van der Waals surface area contributed by atoms with Crippen LogP contribution in [0, 0.1) is 11.3 Å². The van der Waals surface area contributed by atoms with Crippen molar-refractivity contribution in [3.63, 3.8) is 0 Å². The van der Waals surface area contributed by atoms with Crippen LogP contribution in [0.5, 0.6) is 0 Å². The summed E-state index contributed by atoms with van der Waals surface area (Å²) in [5, 5.41) is 9.35. The van der Waals surface area contributed by atoms with Gasteiger partial charge in [0.05, 0.1) is 13.0 Å². The maximum atomic E-state index is 12.0. The minimum Gasteiger partial charge on any atom is -0.648 e. The molecule has 0 atom stereocenters. The van der Waals surface area contributed by atoms with Crippen LogP contribution < -0.4 is 10.2 Å². The summed E-state index contributed by atoms with van der Waals surface area (Å²) < 4.78 is 13.6. The summed E-state index contributed by atoms with van der Waals surface area (Å²) in [5.41, 5.74) is 6.02. The van der Waals surface area contributed by atoms with E-state index < -0.39 is 12.5 Å². The van der Waals surface area contributed by atoms with Crippen LogP contribution >= 0.6 is 0 Å². The molecule has 1 aliphatic rings. The van der Waals surface area contributed by atoms with Crippen LogP contribution in [0.1, 0.15) is 52.9 Å². The Kier molecular flexibility index (Phi) is 8.26. The number of hydrogen-bond donors (Lipinski definition) is 1. The maximum absolute atomic E-state index is 12.0. The lowest BCUT2D eigenvalue weighted by atomic mass is 9.44. The zero-order valence-corrected chi connectivity index (χ0v) is 17.7. The van der Waals surface area contributed by atoms with Crippen LogP contribution in [0.4, 0.5) is 5.82 Å². The van der Waals surface area contributed by atoms with Crippen LogP contribution in [0.25, 0.3) is 0 Å². The summed E-state index contributed by atoms with van der Waals surface area (Å²) in [6.45, 7) is 4.83. The van der Waals surface area contributed by atoms with E-state index in [0.717, 1.165) is 44.1 Å². The highest BCUT2D eigenvalue weighted by atomic mass is 16.5.